The van der Waals surface area contributed by atoms with Gasteiger partial charge in [0.1, 0.15) is 4.90 Å². The van der Waals surface area contributed by atoms with Gasteiger partial charge in [-0.05, 0) is 24.6 Å². The summed E-state index contributed by atoms with van der Waals surface area (Å²) in [7, 11) is -3.90. The molecular formula is C19H17ClN2O4S. The molecule has 8 heteroatoms. The highest BCUT2D eigenvalue weighted by Crippen LogP contribution is 2.38. The number of para-hydroxylation sites is 1. The quantitative estimate of drug-likeness (QED) is 0.709. The van der Waals surface area contributed by atoms with Crippen LogP contribution in [0.25, 0.3) is 10.9 Å². The SMILES string of the molecule is Cc1cnc2c(S(=O)(=O)Nc3cc4c(cc3Cl)OCCCO4)cccc2c1. The van der Waals surface area contributed by atoms with Gasteiger partial charge in [0.25, 0.3) is 10.0 Å². The lowest BCUT2D eigenvalue weighted by Crippen LogP contribution is -2.14. The highest BCUT2D eigenvalue weighted by atomic mass is 35.5. The molecule has 0 amide bonds. The fraction of sp³-hybridized carbons (Fsp3) is 0.211. The van der Waals surface area contributed by atoms with E-state index in [2.05, 4.69) is 9.71 Å². The Labute approximate surface area is 162 Å². The van der Waals surface area contributed by atoms with E-state index in [1.54, 1.807) is 24.4 Å². The second kappa shape index (κ2) is 6.90. The van der Waals surface area contributed by atoms with E-state index in [0.717, 1.165) is 17.4 Å². The molecule has 2 aromatic carbocycles. The molecule has 0 spiro atoms. The zero-order chi connectivity index (χ0) is 19.0. The highest BCUT2D eigenvalue weighted by molar-refractivity contribution is 7.93. The average Bonchev–Trinajstić information content (AvgIpc) is 2.86. The number of hydrogen-bond acceptors (Lipinski definition) is 5. The van der Waals surface area contributed by atoms with E-state index >= 15 is 0 Å². The number of nitrogens with one attached hydrogen (secondary N) is 1. The van der Waals surface area contributed by atoms with Crippen molar-refractivity contribution in [1.82, 2.24) is 4.98 Å². The topological polar surface area (TPSA) is 77.5 Å². The van der Waals surface area contributed by atoms with Gasteiger partial charge >= 0.3 is 0 Å². The van der Waals surface area contributed by atoms with Crippen molar-refractivity contribution in [3.8, 4) is 11.5 Å². The molecule has 140 valence electrons. The van der Waals surface area contributed by atoms with Crippen molar-refractivity contribution in [2.45, 2.75) is 18.2 Å². The predicted octanol–water partition coefficient (Wildman–Crippen LogP) is 4.16. The predicted molar refractivity (Wildman–Crippen MR) is 104 cm³/mol. The first-order chi connectivity index (χ1) is 12.9. The number of ether oxygens (including phenoxy) is 2. The van der Waals surface area contributed by atoms with Gasteiger partial charge in [0, 0.05) is 30.1 Å². The molecule has 0 atom stereocenters. The Balaban J connectivity index is 1.75. The van der Waals surface area contributed by atoms with Gasteiger partial charge in [0.05, 0.1) is 29.4 Å². The van der Waals surface area contributed by atoms with Crippen LogP contribution in [0.4, 0.5) is 5.69 Å². The standard InChI is InChI=1S/C19H17ClN2O4S/c1-12-8-13-4-2-5-18(19(13)21-11-12)27(23,24)22-15-10-17-16(9-14(15)20)25-6-3-7-26-17/h2,4-5,8-11,22H,3,6-7H2,1H3. The Morgan fingerprint density at radius 2 is 1.85 bits per heavy atom. The molecule has 0 unspecified atom stereocenters. The molecule has 0 bridgehead atoms. The number of pyridine rings is 1. The van der Waals surface area contributed by atoms with Crippen LogP contribution >= 0.6 is 11.6 Å². The fourth-order valence-corrected chi connectivity index (χ4v) is 4.43. The number of sulfonamides is 1. The lowest BCUT2D eigenvalue weighted by molar-refractivity contribution is 0.297. The van der Waals surface area contributed by atoms with Crippen LogP contribution in [0, 0.1) is 6.92 Å². The summed E-state index contributed by atoms with van der Waals surface area (Å²) < 4.78 is 39.7. The second-order valence-electron chi connectivity index (χ2n) is 6.28. The second-order valence-corrected chi connectivity index (χ2v) is 8.33. The third-order valence-corrected chi connectivity index (χ3v) is 5.89. The van der Waals surface area contributed by atoms with E-state index in [1.165, 1.54) is 6.07 Å². The van der Waals surface area contributed by atoms with Gasteiger partial charge in [-0.3, -0.25) is 9.71 Å². The van der Waals surface area contributed by atoms with Crippen LogP contribution in [0.2, 0.25) is 5.02 Å². The smallest absolute Gasteiger partial charge is 0.264 e. The van der Waals surface area contributed by atoms with E-state index in [9.17, 15) is 8.42 Å². The number of aromatic nitrogens is 1. The summed E-state index contributed by atoms with van der Waals surface area (Å²) in [4.78, 5) is 4.38. The molecule has 2 heterocycles. The largest absolute Gasteiger partial charge is 0.490 e. The van der Waals surface area contributed by atoms with Gasteiger partial charge < -0.3 is 9.47 Å². The molecule has 1 aliphatic rings. The molecule has 0 aliphatic carbocycles. The van der Waals surface area contributed by atoms with Crippen LogP contribution in [-0.4, -0.2) is 26.6 Å². The first kappa shape index (κ1) is 17.9. The van der Waals surface area contributed by atoms with E-state index in [-0.39, 0.29) is 15.6 Å². The number of nitrogens with zero attached hydrogens (tertiary/aromatic N) is 1. The first-order valence-electron chi connectivity index (χ1n) is 8.41. The number of fused-ring (bicyclic) bond motifs is 2. The molecule has 3 aromatic rings. The normalized spacial score (nSPS) is 14.0. The van der Waals surface area contributed by atoms with E-state index in [0.29, 0.717) is 30.2 Å². The molecule has 0 fully saturated rings. The van der Waals surface area contributed by atoms with Crippen molar-refractivity contribution < 1.29 is 17.9 Å². The molecular weight excluding hydrogens is 388 g/mol. The van der Waals surface area contributed by atoms with E-state index in [1.807, 2.05) is 19.1 Å². The number of benzene rings is 2. The van der Waals surface area contributed by atoms with Crippen molar-refractivity contribution in [3.05, 3.63) is 53.2 Å². The summed E-state index contributed by atoms with van der Waals surface area (Å²) in [5, 5.41) is 0.981. The molecule has 6 nitrogen and oxygen atoms in total. The third kappa shape index (κ3) is 3.52. The Bertz CT molecular complexity index is 1130. The summed E-state index contributed by atoms with van der Waals surface area (Å²) in [5.41, 5.74) is 1.59. The number of halogens is 1. The number of hydrogen-bond donors (Lipinski definition) is 1. The molecule has 4 rings (SSSR count). The molecule has 27 heavy (non-hydrogen) atoms. The maximum Gasteiger partial charge on any atom is 0.264 e. The van der Waals surface area contributed by atoms with Crippen molar-refractivity contribution in [3.63, 3.8) is 0 Å². The van der Waals surface area contributed by atoms with Gasteiger partial charge in [-0.2, -0.15) is 0 Å². The minimum Gasteiger partial charge on any atom is -0.490 e. The summed E-state index contributed by atoms with van der Waals surface area (Å²) in [5.74, 6) is 0.962. The van der Waals surface area contributed by atoms with Crippen molar-refractivity contribution >= 4 is 38.2 Å². The van der Waals surface area contributed by atoms with E-state index in [4.69, 9.17) is 21.1 Å². The lowest BCUT2D eigenvalue weighted by Gasteiger charge is -2.14. The zero-order valence-corrected chi connectivity index (χ0v) is 16.1. The average molecular weight is 405 g/mol. The lowest BCUT2D eigenvalue weighted by atomic mass is 10.2. The van der Waals surface area contributed by atoms with Crippen LogP contribution in [0.3, 0.4) is 0 Å². The summed E-state index contributed by atoms with van der Waals surface area (Å²) in [6.07, 6.45) is 2.39. The Hall–Kier alpha value is -2.51. The summed E-state index contributed by atoms with van der Waals surface area (Å²) in [6, 6.07) is 10.0. The number of aryl methyl sites for hydroxylation is 1. The summed E-state index contributed by atoms with van der Waals surface area (Å²) in [6.45, 7) is 2.92. The van der Waals surface area contributed by atoms with Crippen LogP contribution < -0.4 is 14.2 Å². The molecule has 0 radical (unpaired) electrons. The van der Waals surface area contributed by atoms with Gasteiger partial charge in [-0.1, -0.05) is 23.7 Å². The van der Waals surface area contributed by atoms with Crippen molar-refractivity contribution in [2.75, 3.05) is 17.9 Å². The maximum absolute atomic E-state index is 13.0. The van der Waals surface area contributed by atoms with Crippen molar-refractivity contribution in [2.24, 2.45) is 0 Å². The number of rotatable bonds is 3. The minimum absolute atomic E-state index is 0.0863. The molecule has 0 saturated carbocycles. The molecule has 0 saturated heterocycles. The first-order valence-corrected chi connectivity index (χ1v) is 10.3. The third-order valence-electron chi connectivity index (χ3n) is 4.18. The highest BCUT2D eigenvalue weighted by Gasteiger charge is 2.22. The fourth-order valence-electron chi connectivity index (χ4n) is 2.92. The minimum atomic E-state index is -3.90. The van der Waals surface area contributed by atoms with Crippen LogP contribution in [-0.2, 0) is 10.0 Å². The molecule has 1 N–H and O–H groups in total. The van der Waals surface area contributed by atoms with Crippen LogP contribution in [0.15, 0.2) is 47.5 Å². The van der Waals surface area contributed by atoms with Crippen LogP contribution in [0.1, 0.15) is 12.0 Å². The summed E-state index contributed by atoms with van der Waals surface area (Å²) >= 11 is 6.27. The number of anilines is 1. The van der Waals surface area contributed by atoms with Crippen LogP contribution in [0.5, 0.6) is 11.5 Å². The van der Waals surface area contributed by atoms with Gasteiger partial charge in [-0.15, -0.1) is 0 Å². The monoisotopic (exact) mass is 404 g/mol. The van der Waals surface area contributed by atoms with Gasteiger partial charge in [0.2, 0.25) is 0 Å². The maximum atomic E-state index is 13.0. The Kier molecular flexibility index (Phi) is 4.57. The van der Waals surface area contributed by atoms with Gasteiger partial charge in [-0.25, -0.2) is 8.42 Å². The Morgan fingerprint density at radius 3 is 2.63 bits per heavy atom. The van der Waals surface area contributed by atoms with Gasteiger partial charge in [0.15, 0.2) is 11.5 Å². The zero-order valence-electron chi connectivity index (χ0n) is 14.5. The van der Waals surface area contributed by atoms with Crippen molar-refractivity contribution in [1.29, 1.82) is 0 Å². The molecule has 1 aromatic heterocycles. The molecule has 1 aliphatic heterocycles. The Morgan fingerprint density at radius 1 is 1.11 bits per heavy atom. The van der Waals surface area contributed by atoms with E-state index < -0.39 is 10.0 Å².